The summed E-state index contributed by atoms with van der Waals surface area (Å²) in [6.45, 7) is 35.3. The lowest BCUT2D eigenvalue weighted by molar-refractivity contribution is -0.666. The fourth-order valence-corrected chi connectivity index (χ4v) is 20.0. The van der Waals surface area contributed by atoms with Gasteiger partial charge in [-0.1, -0.05) is 160 Å². The first kappa shape index (κ1) is 75.6. The molecular formula is C108H111N10+5. The van der Waals surface area contributed by atoms with E-state index in [0.717, 1.165) is 33.5 Å². The summed E-state index contributed by atoms with van der Waals surface area (Å²) in [5, 5.41) is 0. The predicted molar refractivity (Wildman–Crippen MR) is 480 cm³/mol. The van der Waals surface area contributed by atoms with Gasteiger partial charge in [-0.2, -0.15) is 4.57 Å². The molecule has 5 aromatic carbocycles. The summed E-state index contributed by atoms with van der Waals surface area (Å²) < 4.78 is 36.1. The highest BCUT2D eigenvalue weighted by molar-refractivity contribution is 5.92. The Bertz CT molecular complexity index is 6610. The van der Waals surface area contributed by atoms with Crippen molar-refractivity contribution in [2.45, 2.75) is 152 Å². The van der Waals surface area contributed by atoms with E-state index in [2.05, 4.69) is 313 Å². The number of aryl methyl sites for hydroxylation is 12. The molecule has 5 aliphatic rings. The van der Waals surface area contributed by atoms with Gasteiger partial charge in [0.05, 0.1) is 56.3 Å². The lowest BCUT2D eigenvalue weighted by atomic mass is 9.80. The SMILES string of the molecule is Cc1cc[n+](C)c(-c2c(C)ccc3c2C(C)(C)c2ncccc2-3)c1.Cc1ccc(-c2c(C)ccc3c2C(C)(C)c2ncccc2-3)[n+](C)c1.Cc1ccc2c(c1-c1cccc(C)[n+]1C)C(C)(C)c1ncccc1-2.Cc1ccc2c(c1-c1cccc[n+]1C)C(C)(C)c1ncccc1-2.[2H]C([2H])([2H])C1(C)c2ncccc2-c2ccc(C)c(-c3cccc[n+]3C)c21. The Morgan fingerprint density at radius 3 is 0.898 bits per heavy atom. The molecule has 0 aliphatic heterocycles. The molecule has 1 unspecified atom stereocenters. The zero-order valence-electron chi connectivity index (χ0n) is 75.7. The number of aromatic nitrogens is 10. The Labute approximate surface area is 703 Å². The van der Waals surface area contributed by atoms with Crippen LogP contribution in [0.2, 0.25) is 0 Å². The minimum atomic E-state index is -2.21. The first-order valence-corrected chi connectivity index (χ1v) is 41.3. The normalized spacial score (nSPS) is 15.7. The minimum absolute atomic E-state index is 0.0872. The van der Waals surface area contributed by atoms with Crippen LogP contribution in [0.4, 0.5) is 0 Å². The summed E-state index contributed by atoms with van der Waals surface area (Å²) in [7, 11) is 10.5. The maximum Gasteiger partial charge on any atom is 0.213 e. The van der Waals surface area contributed by atoms with Gasteiger partial charge in [-0.25, -0.2) is 18.3 Å². The number of rotatable bonds is 5. The van der Waals surface area contributed by atoms with Crippen LogP contribution in [0.3, 0.4) is 0 Å². The summed E-state index contributed by atoms with van der Waals surface area (Å²) >= 11 is 0. The quantitative estimate of drug-likeness (QED) is 0.160. The van der Waals surface area contributed by atoms with Gasteiger partial charge in [0.1, 0.15) is 35.2 Å². The second-order valence-corrected chi connectivity index (χ2v) is 35.4. The van der Waals surface area contributed by atoms with Crippen molar-refractivity contribution in [2.75, 3.05) is 0 Å². The number of benzene rings is 5. The van der Waals surface area contributed by atoms with Crippen molar-refractivity contribution >= 4 is 0 Å². The minimum Gasteiger partial charge on any atom is -0.260 e. The summed E-state index contributed by atoms with van der Waals surface area (Å²) in [4.78, 5) is 23.4. The smallest absolute Gasteiger partial charge is 0.213 e. The molecule has 10 nitrogen and oxygen atoms in total. The lowest BCUT2D eigenvalue weighted by Crippen LogP contribution is -2.35. The van der Waals surface area contributed by atoms with Crippen LogP contribution in [0, 0.1) is 55.4 Å². The van der Waals surface area contributed by atoms with Crippen molar-refractivity contribution in [1.82, 2.24) is 24.9 Å². The van der Waals surface area contributed by atoms with Gasteiger partial charge >= 0.3 is 0 Å². The standard InChI is InChI=1S/3C22H23N2.2C21H21N2/c1-14-11-12-16-17-9-7-13-23-21(17)22(3,4)20(16)19(14)18-10-6-8-15(2)24(18)5;1-14-8-11-18(24(5)13-14)19-15(2)9-10-16-17-7-6-12-23-21(17)22(3,4)20(16)19;1-14-10-12-24(5)18(13-14)19-15(2)8-9-16-17-7-6-11-23-21(17)22(3,4)20(16)19;2*1-14-10-11-15-16-8-7-12-22-20(16)21(2,3)19(15)18(14)17-9-5-6-13-23(17)4/h3*6-13H,1-5H3;2*5-13H,1-4H3/q5*+1/i;;;2D3;. The summed E-state index contributed by atoms with van der Waals surface area (Å²) in [5.41, 5.74) is 45.1. The van der Waals surface area contributed by atoms with Gasteiger partial charge in [0.25, 0.3) is 0 Å². The molecule has 0 spiro atoms. The van der Waals surface area contributed by atoms with E-state index in [4.69, 9.17) is 24.0 Å². The van der Waals surface area contributed by atoms with Crippen LogP contribution < -0.4 is 22.8 Å². The van der Waals surface area contributed by atoms with E-state index < -0.39 is 12.3 Å². The first-order chi connectivity index (χ1) is 57.5. The monoisotopic (exact) mass is 1550 g/mol. The molecule has 0 bridgehead atoms. The molecule has 20 rings (SSSR count). The Balaban J connectivity index is 0.000000112. The first-order valence-electron chi connectivity index (χ1n) is 42.8. The number of fused-ring (bicyclic) bond motifs is 15. The highest BCUT2D eigenvalue weighted by atomic mass is 15.0. The largest absolute Gasteiger partial charge is 0.260 e. The van der Waals surface area contributed by atoms with Crippen molar-refractivity contribution in [3.05, 3.63) is 357 Å². The van der Waals surface area contributed by atoms with Crippen LogP contribution >= 0.6 is 0 Å². The van der Waals surface area contributed by atoms with E-state index >= 15 is 0 Å². The zero-order valence-corrected chi connectivity index (χ0v) is 72.7. The van der Waals surface area contributed by atoms with Crippen molar-refractivity contribution < 1.29 is 26.9 Å². The lowest BCUT2D eigenvalue weighted by Gasteiger charge is -2.23. The van der Waals surface area contributed by atoms with Crippen LogP contribution in [-0.4, -0.2) is 24.9 Å². The molecular weight excluding hydrogens is 1440 g/mol. The Morgan fingerprint density at radius 1 is 0.254 bits per heavy atom. The number of hydrogen-bond acceptors (Lipinski definition) is 5. The molecule has 0 radical (unpaired) electrons. The molecule has 0 N–H and O–H groups in total. The molecule has 588 valence electrons. The highest BCUT2D eigenvalue weighted by Gasteiger charge is 2.46. The third kappa shape index (κ3) is 13.0. The van der Waals surface area contributed by atoms with Gasteiger partial charge in [-0.3, -0.25) is 24.9 Å². The summed E-state index contributed by atoms with van der Waals surface area (Å²) in [6, 6.07) is 70.7. The number of pyridine rings is 10. The van der Waals surface area contributed by atoms with Gasteiger partial charge in [0.15, 0.2) is 30.5 Å². The third-order valence-electron chi connectivity index (χ3n) is 25.9. The van der Waals surface area contributed by atoms with Gasteiger partial charge in [0.2, 0.25) is 28.5 Å². The second-order valence-electron chi connectivity index (χ2n) is 35.4. The molecule has 0 amide bonds. The van der Waals surface area contributed by atoms with E-state index in [0.29, 0.717) is 5.69 Å². The van der Waals surface area contributed by atoms with Crippen LogP contribution in [0.5, 0.6) is 0 Å². The Morgan fingerprint density at radius 2 is 0.559 bits per heavy atom. The molecule has 15 aromatic rings. The number of nitrogens with zero attached hydrogens (tertiary/aromatic N) is 10. The fourth-order valence-electron chi connectivity index (χ4n) is 20.0. The van der Waals surface area contributed by atoms with Crippen molar-refractivity contribution in [3.8, 4) is 112 Å². The molecule has 1 atom stereocenters. The second kappa shape index (κ2) is 30.0. The topological polar surface area (TPSA) is 83.9 Å². The van der Waals surface area contributed by atoms with Crippen LogP contribution in [0.15, 0.2) is 256 Å². The zero-order chi connectivity index (χ0) is 86.1. The van der Waals surface area contributed by atoms with Gasteiger partial charge < -0.3 is 0 Å². The molecule has 118 heavy (non-hydrogen) atoms. The van der Waals surface area contributed by atoms with Gasteiger partial charge in [-0.15, -0.1) is 0 Å². The molecule has 10 heterocycles. The summed E-state index contributed by atoms with van der Waals surface area (Å²) in [6.07, 6.45) is 17.8. The highest BCUT2D eigenvalue weighted by Crippen LogP contribution is 2.57. The summed E-state index contributed by atoms with van der Waals surface area (Å²) in [5.74, 6) is 0. The van der Waals surface area contributed by atoms with Crippen molar-refractivity contribution in [1.29, 1.82) is 0 Å². The van der Waals surface area contributed by atoms with Gasteiger partial charge in [-0.05, 0) is 192 Å². The van der Waals surface area contributed by atoms with E-state index in [1.54, 1.807) is 6.20 Å². The average Bonchev–Trinajstić information content (AvgIpc) is 1.50. The van der Waals surface area contributed by atoms with E-state index in [1.807, 2.05) is 117 Å². The van der Waals surface area contributed by atoms with E-state index in [1.165, 1.54) is 174 Å². The predicted octanol–water partition coefficient (Wildman–Crippen LogP) is 21.9. The van der Waals surface area contributed by atoms with E-state index in [-0.39, 0.29) is 21.7 Å². The van der Waals surface area contributed by atoms with E-state index in [9.17, 15) is 0 Å². The van der Waals surface area contributed by atoms with Crippen molar-refractivity contribution in [2.24, 2.45) is 35.2 Å². The van der Waals surface area contributed by atoms with Crippen LogP contribution in [0.1, 0.15) is 174 Å². The molecule has 5 aliphatic carbocycles. The maximum absolute atomic E-state index is 8.36. The Hall–Kier alpha value is -12.4. The molecule has 10 heteroatoms. The average molecular weight is 1550 g/mol. The molecule has 0 saturated heterocycles. The van der Waals surface area contributed by atoms with Gasteiger partial charge in [0, 0.05) is 157 Å². The van der Waals surface area contributed by atoms with Crippen molar-refractivity contribution in [3.63, 3.8) is 0 Å². The van der Waals surface area contributed by atoms with Crippen LogP contribution in [-0.2, 0) is 62.3 Å². The molecule has 10 aromatic heterocycles. The van der Waals surface area contributed by atoms with Crippen LogP contribution in [0.25, 0.3) is 112 Å². The third-order valence-corrected chi connectivity index (χ3v) is 25.9. The fraction of sp³-hybridized carbons (Fsp3) is 0.259. The molecule has 0 fully saturated rings. The Kier molecular flexibility index (Phi) is 19.2. The molecule has 0 saturated carbocycles. The number of hydrogen-bond donors (Lipinski definition) is 0. The maximum atomic E-state index is 8.36.